The van der Waals surface area contributed by atoms with Gasteiger partial charge in [0.05, 0.1) is 31.7 Å². The van der Waals surface area contributed by atoms with E-state index in [4.69, 9.17) is 14.2 Å². The highest BCUT2D eigenvalue weighted by atomic mass is 32.3. The number of sulfonamides is 1. The normalized spacial score (nSPS) is 23.8. The molecular weight excluding hydrogens is 487 g/mol. The van der Waals surface area contributed by atoms with E-state index in [1.54, 1.807) is 4.13 Å². The lowest BCUT2D eigenvalue weighted by Gasteiger charge is -2.38. The van der Waals surface area contributed by atoms with E-state index < -0.39 is 62.8 Å². The summed E-state index contributed by atoms with van der Waals surface area (Å²) in [6, 6.07) is 0. The number of nitrogens with zero attached hydrogens (tertiary/aromatic N) is 1. The van der Waals surface area contributed by atoms with Gasteiger partial charge in [-0.05, 0) is 12.8 Å². The lowest BCUT2D eigenvalue weighted by molar-refractivity contribution is -0.175. The van der Waals surface area contributed by atoms with Crippen LogP contribution in [0.4, 0.5) is 13.2 Å². The second kappa shape index (κ2) is 10.2. The largest absolute Gasteiger partial charge is 0.480 e. The molecule has 0 spiro atoms. The van der Waals surface area contributed by atoms with Gasteiger partial charge in [-0.25, -0.2) is 16.8 Å². The van der Waals surface area contributed by atoms with E-state index in [0.717, 1.165) is 0 Å². The summed E-state index contributed by atoms with van der Waals surface area (Å²) in [5, 5.41) is 0. The van der Waals surface area contributed by atoms with Crippen molar-refractivity contribution in [1.82, 2.24) is 0 Å². The fourth-order valence-electron chi connectivity index (χ4n) is 3.15. The van der Waals surface area contributed by atoms with E-state index in [0.29, 0.717) is 38.9 Å². The van der Waals surface area contributed by atoms with E-state index in [1.165, 1.54) is 0 Å². The molecule has 2 unspecified atom stereocenters. The van der Waals surface area contributed by atoms with E-state index in [-0.39, 0.29) is 12.0 Å². The predicted molar refractivity (Wildman–Crippen MR) is 99.5 cm³/mol. The number of carbonyl (C=O) groups excluding carboxylic acids is 2. The molecular formula is C16H23F3NO10S2-. The molecule has 0 N–H and O–H groups in total. The first kappa shape index (κ1) is 26.8. The first-order valence-electron chi connectivity index (χ1n) is 9.52. The molecule has 186 valence electrons. The number of ether oxygens (including phenoxy) is 3. The molecule has 1 heterocycles. The van der Waals surface area contributed by atoms with Crippen molar-refractivity contribution in [2.24, 2.45) is 17.3 Å². The third-order valence-corrected chi connectivity index (χ3v) is 7.44. The minimum absolute atomic E-state index is 0.139. The van der Waals surface area contributed by atoms with Crippen LogP contribution in [0.3, 0.4) is 0 Å². The fraction of sp³-hybridized carbons (Fsp3) is 0.875. The zero-order chi connectivity index (χ0) is 24.2. The first-order valence-corrected chi connectivity index (χ1v) is 12.3. The molecule has 2 atom stereocenters. The summed E-state index contributed by atoms with van der Waals surface area (Å²) in [5.74, 6) is -2.98. The minimum atomic E-state index is -6.31. The molecule has 0 aromatic rings. The lowest BCUT2D eigenvalue weighted by atomic mass is 9.79. The van der Waals surface area contributed by atoms with Crippen molar-refractivity contribution in [3.05, 3.63) is 4.13 Å². The highest BCUT2D eigenvalue weighted by Gasteiger charge is 2.41. The van der Waals surface area contributed by atoms with Gasteiger partial charge in [-0.2, -0.15) is 13.2 Å². The molecule has 1 saturated carbocycles. The number of alkyl halides is 3. The van der Waals surface area contributed by atoms with E-state index >= 15 is 0 Å². The van der Waals surface area contributed by atoms with Crippen molar-refractivity contribution in [3.63, 3.8) is 0 Å². The van der Waals surface area contributed by atoms with Crippen LogP contribution in [0.2, 0.25) is 0 Å². The molecule has 32 heavy (non-hydrogen) atoms. The standard InChI is InChI=1S/C16H23F3NO10S2/c1-15(8-27-9-15)10-29-14(22)12-5-3-2-4-11(12)13(21)28-6-7-30-32(25,26)20-31(23,24)16(17,18)19/h11-12H,2-10H2,1H3/q-1. The molecule has 11 nitrogen and oxygen atoms in total. The van der Waals surface area contributed by atoms with Crippen LogP contribution in [0.5, 0.6) is 0 Å². The molecule has 0 radical (unpaired) electrons. The molecule has 0 aromatic heterocycles. The van der Waals surface area contributed by atoms with Crippen LogP contribution in [-0.2, 0) is 48.3 Å². The van der Waals surface area contributed by atoms with Gasteiger partial charge < -0.3 is 18.3 Å². The summed E-state index contributed by atoms with van der Waals surface area (Å²) in [4.78, 5) is 24.8. The third kappa shape index (κ3) is 7.26. The maximum absolute atomic E-state index is 12.4. The van der Waals surface area contributed by atoms with Crippen molar-refractivity contribution in [3.8, 4) is 0 Å². The van der Waals surface area contributed by atoms with Gasteiger partial charge in [-0.3, -0.25) is 13.8 Å². The Hall–Kier alpha value is -1.49. The highest BCUT2D eigenvalue weighted by molar-refractivity contribution is 8.10. The number of hydrogen-bond acceptors (Lipinski definition) is 10. The van der Waals surface area contributed by atoms with E-state index in [2.05, 4.69) is 4.18 Å². The topological polar surface area (TPSA) is 153 Å². The summed E-state index contributed by atoms with van der Waals surface area (Å²) < 4.78 is 102. The third-order valence-electron chi connectivity index (χ3n) is 4.88. The van der Waals surface area contributed by atoms with Crippen LogP contribution in [0.15, 0.2) is 0 Å². The molecule has 16 heteroatoms. The van der Waals surface area contributed by atoms with Crippen LogP contribution in [0.25, 0.3) is 4.13 Å². The molecule has 2 aliphatic rings. The van der Waals surface area contributed by atoms with Gasteiger partial charge in [0, 0.05) is 5.41 Å². The highest BCUT2D eigenvalue weighted by Crippen LogP contribution is 2.34. The Morgan fingerprint density at radius 1 is 1.00 bits per heavy atom. The predicted octanol–water partition coefficient (Wildman–Crippen LogP) is 1.40. The fourth-order valence-corrected chi connectivity index (χ4v) is 4.90. The quantitative estimate of drug-likeness (QED) is 0.311. The van der Waals surface area contributed by atoms with Gasteiger partial charge in [-0.1, -0.05) is 19.8 Å². The van der Waals surface area contributed by atoms with Crippen molar-refractivity contribution in [2.45, 2.75) is 38.1 Å². The molecule has 2 fully saturated rings. The van der Waals surface area contributed by atoms with Crippen LogP contribution in [-0.4, -0.2) is 67.3 Å². The van der Waals surface area contributed by atoms with Gasteiger partial charge >= 0.3 is 17.4 Å². The Morgan fingerprint density at radius 3 is 2.00 bits per heavy atom. The molecule has 0 aromatic carbocycles. The van der Waals surface area contributed by atoms with Gasteiger partial charge in [-0.15, -0.1) is 0 Å². The van der Waals surface area contributed by atoms with Gasteiger partial charge in [0.25, 0.3) is 0 Å². The summed E-state index contributed by atoms with van der Waals surface area (Å²) in [5.41, 5.74) is -6.18. The number of halogens is 3. The number of hydrogen-bond donors (Lipinski definition) is 0. The monoisotopic (exact) mass is 510 g/mol. The average Bonchev–Trinajstić information content (AvgIpc) is 2.66. The van der Waals surface area contributed by atoms with E-state index in [1.807, 2.05) is 6.92 Å². The van der Waals surface area contributed by atoms with Crippen molar-refractivity contribution in [1.29, 1.82) is 0 Å². The first-order chi connectivity index (χ1) is 14.7. The van der Waals surface area contributed by atoms with Crippen molar-refractivity contribution >= 4 is 32.3 Å². The summed E-state index contributed by atoms with van der Waals surface area (Å²) >= 11 is 0. The summed E-state index contributed by atoms with van der Waals surface area (Å²) in [6.45, 7) is 1.25. The SMILES string of the molecule is CC1(COC(=O)C2CCCCC2C(=O)OCCOS(=O)(=O)[N-]S(=O)(=O)C(F)(F)F)COC1. The molecule has 2 rings (SSSR count). The van der Waals surface area contributed by atoms with Crippen molar-refractivity contribution in [2.75, 3.05) is 33.0 Å². The van der Waals surface area contributed by atoms with Gasteiger partial charge in [0.15, 0.2) is 10.0 Å². The van der Waals surface area contributed by atoms with Gasteiger partial charge in [0.1, 0.15) is 13.2 Å². The average molecular weight is 510 g/mol. The maximum atomic E-state index is 12.4. The van der Waals surface area contributed by atoms with Crippen molar-refractivity contribution < 1.29 is 58.0 Å². The molecule has 1 aliphatic carbocycles. The second-order valence-electron chi connectivity index (χ2n) is 7.82. The smallest absolute Gasteiger partial charge is 0.465 e. The summed E-state index contributed by atoms with van der Waals surface area (Å²) in [7, 11) is -11.8. The van der Waals surface area contributed by atoms with E-state index in [9.17, 15) is 39.6 Å². The zero-order valence-electron chi connectivity index (χ0n) is 17.0. The Balaban J connectivity index is 1.82. The minimum Gasteiger partial charge on any atom is -0.465 e. The number of esters is 2. The Bertz CT molecular complexity index is 900. The molecule has 1 aliphatic heterocycles. The van der Waals surface area contributed by atoms with Crippen LogP contribution < -0.4 is 0 Å². The lowest BCUT2D eigenvalue weighted by Crippen LogP contribution is -2.45. The molecule has 0 bridgehead atoms. The van der Waals surface area contributed by atoms with Crippen LogP contribution >= 0.6 is 0 Å². The Kier molecular flexibility index (Phi) is 8.52. The van der Waals surface area contributed by atoms with Crippen LogP contribution in [0, 0.1) is 17.3 Å². The second-order valence-corrected chi connectivity index (χ2v) is 10.9. The van der Waals surface area contributed by atoms with Gasteiger partial charge in [0.2, 0.25) is 10.3 Å². The van der Waals surface area contributed by atoms with Crippen LogP contribution in [0.1, 0.15) is 32.6 Å². The summed E-state index contributed by atoms with van der Waals surface area (Å²) in [6.07, 6.45) is 2.07. The number of rotatable bonds is 10. The zero-order valence-corrected chi connectivity index (χ0v) is 18.6. The molecule has 1 saturated heterocycles. The Morgan fingerprint density at radius 2 is 1.53 bits per heavy atom. The number of carbonyl (C=O) groups is 2. The Labute approximate surface area is 183 Å². The molecule has 0 amide bonds. The maximum Gasteiger partial charge on any atom is 0.480 e.